The molecule has 1 aliphatic rings. The van der Waals surface area contributed by atoms with Crippen molar-refractivity contribution in [1.29, 1.82) is 0 Å². The molecule has 0 saturated heterocycles. The molecule has 40 heavy (non-hydrogen) atoms. The molecule has 0 bridgehead atoms. The van der Waals surface area contributed by atoms with Crippen LogP contribution in [0.3, 0.4) is 0 Å². The van der Waals surface area contributed by atoms with Crippen LogP contribution in [0.25, 0.3) is 54.6 Å². The van der Waals surface area contributed by atoms with Gasteiger partial charge < -0.3 is 4.90 Å². The number of nitrogens with zero attached hydrogens (tertiary/aromatic N) is 1. The molecule has 0 unspecified atom stereocenters. The van der Waals surface area contributed by atoms with Crippen molar-refractivity contribution in [2.24, 2.45) is 0 Å². The third kappa shape index (κ3) is 3.57. The Balaban J connectivity index is 1.42. The van der Waals surface area contributed by atoms with Gasteiger partial charge in [-0.25, -0.2) is 0 Å². The first-order chi connectivity index (χ1) is 19.7. The first-order valence-corrected chi connectivity index (χ1v) is 14.6. The molecule has 1 aliphatic heterocycles. The molecule has 7 aromatic carbocycles. The molecule has 2 heteroatoms. The lowest BCUT2D eigenvalue weighted by molar-refractivity contribution is 1.11. The molecule has 0 fully saturated rings. The fourth-order valence-corrected chi connectivity index (χ4v) is 7.48. The topological polar surface area (TPSA) is 3.24 Å². The first-order valence-electron chi connectivity index (χ1n) is 13.7. The minimum absolute atomic E-state index is 1.25. The van der Waals surface area contributed by atoms with Crippen LogP contribution in [0.2, 0.25) is 0 Å². The number of para-hydroxylation sites is 1. The summed E-state index contributed by atoms with van der Waals surface area (Å²) in [4.78, 5) is 4.93. The Morgan fingerprint density at radius 3 is 1.95 bits per heavy atom. The maximum atomic E-state index is 2.39. The normalized spacial score (nSPS) is 12.6. The van der Waals surface area contributed by atoms with Gasteiger partial charge in [0.05, 0.1) is 11.4 Å². The van der Waals surface area contributed by atoms with Gasteiger partial charge in [-0.3, -0.25) is 0 Å². The van der Waals surface area contributed by atoms with Crippen LogP contribution in [0, 0.1) is 6.92 Å². The van der Waals surface area contributed by atoms with Crippen molar-refractivity contribution >= 4 is 55.5 Å². The number of benzene rings is 7. The maximum absolute atomic E-state index is 2.39. The quantitative estimate of drug-likeness (QED) is 0.205. The van der Waals surface area contributed by atoms with Crippen molar-refractivity contribution in [3.8, 4) is 22.3 Å². The van der Waals surface area contributed by atoms with E-state index < -0.39 is 0 Å². The zero-order valence-electron chi connectivity index (χ0n) is 22.5. The van der Waals surface area contributed by atoms with Crippen LogP contribution >= 0.6 is 11.8 Å². The zero-order chi connectivity index (χ0) is 26.8. The molecule has 0 N–H and O–H groups in total. The summed E-state index contributed by atoms with van der Waals surface area (Å²) in [6, 6.07) is 47.1. The Kier molecular flexibility index (Phi) is 5.26. The number of anilines is 2. The van der Waals surface area contributed by atoms with Crippen LogP contribution in [-0.2, 0) is 0 Å². The van der Waals surface area contributed by atoms with Gasteiger partial charge in [0.15, 0.2) is 0 Å². The number of hydrogen-bond acceptors (Lipinski definition) is 2. The van der Waals surface area contributed by atoms with Gasteiger partial charge in [0, 0.05) is 16.8 Å². The van der Waals surface area contributed by atoms with E-state index in [0.717, 1.165) is 0 Å². The molecule has 0 radical (unpaired) electrons. The van der Waals surface area contributed by atoms with Crippen LogP contribution in [-0.4, -0.2) is 7.05 Å². The molecule has 0 spiro atoms. The highest BCUT2D eigenvalue weighted by atomic mass is 32.2. The number of hydrogen-bond donors (Lipinski definition) is 0. The summed E-state index contributed by atoms with van der Waals surface area (Å²) in [5.41, 5.74) is 8.90. The molecule has 1 heterocycles. The van der Waals surface area contributed by atoms with Gasteiger partial charge in [-0.05, 0) is 91.8 Å². The summed E-state index contributed by atoms with van der Waals surface area (Å²) < 4.78 is 0. The summed E-state index contributed by atoms with van der Waals surface area (Å²) in [6.45, 7) is 2.20. The monoisotopic (exact) mass is 529 g/mol. The highest BCUT2D eigenvalue weighted by molar-refractivity contribution is 7.99. The number of aryl methyl sites for hydroxylation is 1. The highest BCUT2D eigenvalue weighted by Crippen LogP contribution is 2.50. The summed E-state index contributed by atoms with van der Waals surface area (Å²) in [5.74, 6) is 0. The molecule has 190 valence electrons. The Morgan fingerprint density at radius 1 is 0.475 bits per heavy atom. The predicted molar refractivity (Wildman–Crippen MR) is 173 cm³/mol. The van der Waals surface area contributed by atoms with E-state index in [2.05, 4.69) is 146 Å². The van der Waals surface area contributed by atoms with E-state index in [1.54, 1.807) is 0 Å². The standard InChI is InChI=1S/C38H27NS/c1-24-15-19-31-32(21-24)38(28-18-20-36-34(23-28)39(2)33-13-7-8-14-35(33)40-36)30-12-6-5-11-29(30)37(31)27-17-16-25-9-3-4-10-26(25)22-27/h3-23H,1-2H3. The lowest BCUT2D eigenvalue weighted by atomic mass is 9.85. The second-order valence-corrected chi connectivity index (χ2v) is 11.8. The minimum atomic E-state index is 1.25. The molecular formula is C38H27NS. The third-order valence-electron chi connectivity index (χ3n) is 8.27. The molecule has 7 aromatic rings. The Bertz CT molecular complexity index is 2120. The van der Waals surface area contributed by atoms with Crippen LogP contribution in [0.4, 0.5) is 11.4 Å². The fourth-order valence-electron chi connectivity index (χ4n) is 6.35. The van der Waals surface area contributed by atoms with Crippen LogP contribution in [0.5, 0.6) is 0 Å². The third-order valence-corrected chi connectivity index (χ3v) is 9.40. The second-order valence-electron chi connectivity index (χ2n) is 10.7. The summed E-state index contributed by atoms with van der Waals surface area (Å²) in [7, 11) is 2.18. The van der Waals surface area contributed by atoms with Gasteiger partial charge in [0.25, 0.3) is 0 Å². The SMILES string of the molecule is Cc1ccc2c(-c3ccc4ccccc4c3)c3ccccc3c(-c3ccc4c(c3)N(C)c3ccccc3S4)c2c1. The molecular weight excluding hydrogens is 502 g/mol. The van der Waals surface area contributed by atoms with E-state index in [1.807, 2.05) is 11.8 Å². The van der Waals surface area contributed by atoms with E-state index in [4.69, 9.17) is 0 Å². The van der Waals surface area contributed by atoms with Crippen LogP contribution in [0.15, 0.2) is 137 Å². The molecule has 0 aliphatic carbocycles. The Hall–Kier alpha value is -4.53. The second kappa shape index (κ2) is 9.01. The first kappa shape index (κ1) is 23.4. The van der Waals surface area contributed by atoms with Gasteiger partial charge in [-0.15, -0.1) is 0 Å². The van der Waals surface area contributed by atoms with Crippen molar-refractivity contribution in [3.63, 3.8) is 0 Å². The molecule has 0 amide bonds. The summed E-state index contributed by atoms with van der Waals surface area (Å²) in [5, 5.41) is 7.70. The van der Waals surface area contributed by atoms with E-state index >= 15 is 0 Å². The number of fused-ring (bicyclic) bond motifs is 5. The zero-order valence-corrected chi connectivity index (χ0v) is 23.3. The lowest BCUT2D eigenvalue weighted by Crippen LogP contribution is -2.14. The number of rotatable bonds is 2. The largest absolute Gasteiger partial charge is 0.343 e. The average molecular weight is 530 g/mol. The van der Waals surface area contributed by atoms with Gasteiger partial charge >= 0.3 is 0 Å². The van der Waals surface area contributed by atoms with Gasteiger partial charge in [-0.1, -0.05) is 114 Å². The van der Waals surface area contributed by atoms with Crippen LogP contribution in [0.1, 0.15) is 5.56 Å². The van der Waals surface area contributed by atoms with Crippen molar-refractivity contribution in [1.82, 2.24) is 0 Å². The molecule has 0 saturated carbocycles. The van der Waals surface area contributed by atoms with Gasteiger partial charge in [0.1, 0.15) is 0 Å². The van der Waals surface area contributed by atoms with Crippen molar-refractivity contribution < 1.29 is 0 Å². The fraction of sp³-hybridized carbons (Fsp3) is 0.0526. The van der Waals surface area contributed by atoms with E-state index in [1.165, 1.54) is 81.3 Å². The van der Waals surface area contributed by atoms with E-state index in [0.29, 0.717) is 0 Å². The molecule has 8 rings (SSSR count). The molecule has 0 aromatic heterocycles. The van der Waals surface area contributed by atoms with Crippen LogP contribution < -0.4 is 4.90 Å². The molecule has 0 atom stereocenters. The van der Waals surface area contributed by atoms with Crippen molar-refractivity contribution in [2.45, 2.75) is 16.7 Å². The van der Waals surface area contributed by atoms with E-state index in [9.17, 15) is 0 Å². The van der Waals surface area contributed by atoms with Gasteiger partial charge in [-0.2, -0.15) is 0 Å². The van der Waals surface area contributed by atoms with Crippen molar-refractivity contribution in [3.05, 3.63) is 133 Å². The van der Waals surface area contributed by atoms with Gasteiger partial charge in [0.2, 0.25) is 0 Å². The highest BCUT2D eigenvalue weighted by Gasteiger charge is 2.23. The summed E-state index contributed by atoms with van der Waals surface area (Å²) in [6.07, 6.45) is 0. The maximum Gasteiger partial charge on any atom is 0.0556 e. The predicted octanol–water partition coefficient (Wildman–Crippen LogP) is 11.0. The minimum Gasteiger partial charge on any atom is -0.343 e. The average Bonchev–Trinajstić information content (AvgIpc) is 3.00. The smallest absolute Gasteiger partial charge is 0.0556 e. The Morgan fingerprint density at radius 2 is 1.10 bits per heavy atom. The van der Waals surface area contributed by atoms with E-state index in [-0.39, 0.29) is 0 Å². The Labute approximate surface area is 238 Å². The lowest BCUT2D eigenvalue weighted by Gasteiger charge is -2.30. The summed E-state index contributed by atoms with van der Waals surface area (Å²) >= 11 is 1.86. The van der Waals surface area contributed by atoms with Crippen molar-refractivity contribution in [2.75, 3.05) is 11.9 Å². The molecule has 1 nitrogen and oxygen atoms in total.